The molecule has 0 bridgehead atoms. The zero-order valence-corrected chi connectivity index (χ0v) is 9.79. The molecule has 0 atom stereocenters. The van der Waals surface area contributed by atoms with Crippen LogP contribution in [0.2, 0.25) is 0 Å². The molecule has 4 nitrogen and oxygen atoms in total. The first kappa shape index (κ1) is 9.96. The van der Waals surface area contributed by atoms with Crippen molar-refractivity contribution < 1.29 is 4.84 Å². The highest BCUT2D eigenvalue weighted by Gasteiger charge is 2.12. The van der Waals surface area contributed by atoms with E-state index in [2.05, 4.69) is 17.1 Å². The molecule has 0 saturated heterocycles. The third-order valence-electron chi connectivity index (χ3n) is 2.82. The Morgan fingerprint density at radius 2 is 2.06 bits per heavy atom. The topological polar surface area (TPSA) is 32.0 Å². The zero-order chi connectivity index (χ0) is 11.8. The van der Waals surface area contributed by atoms with Gasteiger partial charge < -0.3 is 9.40 Å². The molecule has 0 aliphatic heterocycles. The number of nitrogens with zero attached hydrogens (tertiary/aromatic N) is 3. The van der Waals surface area contributed by atoms with Crippen LogP contribution in [0.1, 0.15) is 0 Å². The van der Waals surface area contributed by atoms with Crippen LogP contribution in [0.25, 0.3) is 22.3 Å². The van der Waals surface area contributed by atoms with Crippen molar-refractivity contribution in [2.45, 2.75) is 0 Å². The fraction of sp³-hybridized carbons (Fsp3) is 0.154. The Bertz CT molecular complexity index is 666. The second-order valence-electron chi connectivity index (χ2n) is 3.99. The predicted molar refractivity (Wildman–Crippen MR) is 66.6 cm³/mol. The van der Waals surface area contributed by atoms with Gasteiger partial charge in [-0.25, -0.2) is 4.98 Å². The zero-order valence-electron chi connectivity index (χ0n) is 9.79. The Balaban J connectivity index is 2.29. The molecule has 0 fully saturated rings. The predicted octanol–water partition coefficient (Wildman–Crippen LogP) is 2.10. The molecule has 3 aromatic rings. The van der Waals surface area contributed by atoms with E-state index in [4.69, 9.17) is 4.84 Å². The third-order valence-corrected chi connectivity index (χ3v) is 2.82. The molecule has 0 unspecified atom stereocenters. The minimum Gasteiger partial charge on any atom is -0.416 e. The van der Waals surface area contributed by atoms with Crippen molar-refractivity contribution in [3.8, 4) is 11.4 Å². The third kappa shape index (κ3) is 1.49. The summed E-state index contributed by atoms with van der Waals surface area (Å²) in [6.45, 7) is 0. The van der Waals surface area contributed by atoms with Crippen LogP contribution in [0, 0.1) is 0 Å². The molecule has 2 heterocycles. The van der Waals surface area contributed by atoms with E-state index in [0.717, 1.165) is 22.3 Å². The van der Waals surface area contributed by atoms with Crippen LogP contribution in [0.15, 0.2) is 42.9 Å². The van der Waals surface area contributed by atoms with Crippen molar-refractivity contribution in [2.24, 2.45) is 7.05 Å². The van der Waals surface area contributed by atoms with Crippen molar-refractivity contribution in [1.29, 1.82) is 0 Å². The van der Waals surface area contributed by atoms with Gasteiger partial charge in [0.2, 0.25) is 0 Å². The first-order chi connectivity index (χ1) is 8.29. The second kappa shape index (κ2) is 3.66. The standard InChI is InChI=1S/C13H13N3O/c1-15-8-11(14-9-15)13-7-10-5-3-4-6-12(10)16(13)17-2/h3-9H,1-2H3. The van der Waals surface area contributed by atoms with Gasteiger partial charge in [0.05, 0.1) is 11.8 Å². The van der Waals surface area contributed by atoms with Gasteiger partial charge in [-0.3, -0.25) is 0 Å². The van der Waals surface area contributed by atoms with Crippen LogP contribution in [-0.2, 0) is 7.05 Å². The molecule has 0 radical (unpaired) electrons. The lowest BCUT2D eigenvalue weighted by atomic mass is 10.2. The molecule has 2 aromatic heterocycles. The molecule has 0 saturated carbocycles. The van der Waals surface area contributed by atoms with Crippen LogP contribution < -0.4 is 4.84 Å². The molecule has 0 amide bonds. The Hall–Kier alpha value is -2.23. The molecular formula is C13H13N3O. The normalized spacial score (nSPS) is 10.9. The molecule has 0 aliphatic rings. The van der Waals surface area contributed by atoms with Crippen molar-refractivity contribution in [1.82, 2.24) is 14.3 Å². The number of aromatic nitrogens is 3. The quantitative estimate of drug-likeness (QED) is 0.671. The van der Waals surface area contributed by atoms with E-state index in [-0.39, 0.29) is 0 Å². The largest absolute Gasteiger partial charge is 0.416 e. The summed E-state index contributed by atoms with van der Waals surface area (Å²) in [5.74, 6) is 0. The summed E-state index contributed by atoms with van der Waals surface area (Å²) in [5.41, 5.74) is 2.93. The number of benzene rings is 1. The molecule has 3 rings (SSSR count). The van der Waals surface area contributed by atoms with Gasteiger partial charge in [-0.05, 0) is 12.1 Å². The van der Waals surface area contributed by atoms with Gasteiger partial charge in [0.25, 0.3) is 0 Å². The van der Waals surface area contributed by atoms with Crippen LogP contribution in [0.3, 0.4) is 0 Å². The van der Waals surface area contributed by atoms with E-state index in [1.165, 1.54) is 0 Å². The number of rotatable bonds is 2. The average Bonchev–Trinajstić information content (AvgIpc) is 2.91. The van der Waals surface area contributed by atoms with Crippen molar-refractivity contribution in [3.05, 3.63) is 42.9 Å². The highest BCUT2D eigenvalue weighted by atomic mass is 16.6. The molecule has 86 valence electrons. The van der Waals surface area contributed by atoms with Crippen molar-refractivity contribution in [3.63, 3.8) is 0 Å². The minimum absolute atomic E-state index is 0.908. The highest BCUT2D eigenvalue weighted by molar-refractivity contribution is 5.85. The minimum atomic E-state index is 0.908. The van der Waals surface area contributed by atoms with Gasteiger partial charge in [0, 0.05) is 18.6 Å². The first-order valence-electron chi connectivity index (χ1n) is 5.43. The average molecular weight is 227 g/mol. The number of aryl methyl sites for hydroxylation is 1. The summed E-state index contributed by atoms with van der Waals surface area (Å²) in [5, 5.41) is 1.15. The molecular weight excluding hydrogens is 214 g/mol. The van der Waals surface area contributed by atoms with Gasteiger partial charge in [-0.15, -0.1) is 0 Å². The number of hydrogen-bond donors (Lipinski definition) is 0. The molecule has 0 spiro atoms. The van der Waals surface area contributed by atoms with E-state index in [0.29, 0.717) is 0 Å². The molecule has 4 heteroatoms. The van der Waals surface area contributed by atoms with Crippen molar-refractivity contribution in [2.75, 3.05) is 7.11 Å². The van der Waals surface area contributed by atoms with Gasteiger partial charge in [0.1, 0.15) is 18.5 Å². The smallest absolute Gasteiger partial charge is 0.108 e. The summed E-state index contributed by atoms with van der Waals surface area (Å²) in [6, 6.07) is 10.2. The van der Waals surface area contributed by atoms with E-state index < -0.39 is 0 Å². The number of imidazole rings is 1. The second-order valence-corrected chi connectivity index (χ2v) is 3.99. The van der Waals surface area contributed by atoms with Gasteiger partial charge in [-0.2, -0.15) is 4.73 Å². The maximum atomic E-state index is 5.43. The molecule has 0 aliphatic carbocycles. The van der Waals surface area contributed by atoms with E-state index in [1.54, 1.807) is 18.2 Å². The summed E-state index contributed by atoms with van der Waals surface area (Å²) < 4.78 is 3.73. The maximum Gasteiger partial charge on any atom is 0.108 e. The summed E-state index contributed by atoms with van der Waals surface area (Å²) in [7, 11) is 3.62. The fourth-order valence-electron chi connectivity index (χ4n) is 2.05. The van der Waals surface area contributed by atoms with Crippen LogP contribution >= 0.6 is 0 Å². The molecule has 1 aromatic carbocycles. The molecule has 0 N–H and O–H groups in total. The monoisotopic (exact) mass is 227 g/mol. The summed E-state index contributed by atoms with van der Waals surface area (Å²) in [4.78, 5) is 9.78. The maximum absolute atomic E-state index is 5.43. The van der Waals surface area contributed by atoms with Crippen LogP contribution in [0.5, 0.6) is 0 Å². The van der Waals surface area contributed by atoms with Crippen LogP contribution in [-0.4, -0.2) is 21.4 Å². The van der Waals surface area contributed by atoms with Gasteiger partial charge in [0.15, 0.2) is 0 Å². The molecule has 17 heavy (non-hydrogen) atoms. The SMILES string of the molecule is COn1c(-c2cn(C)cn2)cc2ccccc21. The first-order valence-corrected chi connectivity index (χ1v) is 5.43. The Labute approximate surface area is 99.0 Å². The van der Waals surface area contributed by atoms with E-state index in [1.807, 2.05) is 36.0 Å². The summed E-state index contributed by atoms with van der Waals surface area (Å²) >= 11 is 0. The lowest BCUT2D eigenvalue weighted by molar-refractivity contribution is 0.183. The van der Waals surface area contributed by atoms with Gasteiger partial charge in [-0.1, -0.05) is 18.2 Å². The highest BCUT2D eigenvalue weighted by Crippen LogP contribution is 2.25. The lowest BCUT2D eigenvalue weighted by Gasteiger charge is -2.06. The van der Waals surface area contributed by atoms with Crippen molar-refractivity contribution >= 4 is 10.9 Å². The Morgan fingerprint density at radius 1 is 1.24 bits per heavy atom. The lowest BCUT2D eigenvalue weighted by Crippen LogP contribution is -2.06. The Kier molecular flexibility index (Phi) is 2.14. The van der Waals surface area contributed by atoms with Crippen LogP contribution in [0.4, 0.5) is 0 Å². The van der Waals surface area contributed by atoms with E-state index >= 15 is 0 Å². The van der Waals surface area contributed by atoms with E-state index in [9.17, 15) is 0 Å². The fourth-order valence-corrected chi connectivity index (χ4v) is 2.05. The number of para-hydroxylation sites is 1. The summed E-state index contributed by atoms with van der Waals surface area (Å²) in [6.07, 6.45) is 3.76. The number of hydrogen-bond acceptors (Lipinski definition) is 2. The number of fused-ring (bicyclic) bond motifs is 1. The Morgan fingerprint density at radius 3 is 2.76 bits per heavy atom. The van der Waals surface area contributed by atoms with Gasteiger partial charge >= 0.3 is 0 Å².